The van der Waals surface area contributed by atoms with Crippen molar-refractivity contribution in [3.05, 3.63) is 100 Å². The highest BCUT2D eigenvalue weighted by Gasteiger charge is 2.10. The van der Waals surface area contributed by atoms with Gasteiger partial charge in [-0.15, -0.1) is 11.3 Å². The van der Waals surface area contributed by atoms with Gasteiger partial charge in [-0.2, -0.15) is 5.10 Å². The molecule has 0 saturated heterocycles. The number of thiazole rings is 1. The maximum Gasteiger partial charge on any atom is 0.203 e. The molecule has 0 amide bonds. The Bertz CT molecular complexity index is 1110. The van der Waals surface area contributed by atoms with Crippen molar-refractivity contribution < 1.29 is 4.39 Å². The SMILES string of the molecule is Fc1cccc(-c2csc(N/N=C(\c3ccc(Cl)cc3)c3ccccn3)n2)c1. The average molecular weight is 409 g/mol. The summed E-state index contributed by atoms with van der Waals surface area (Å²) in [5.74, 6) is -0.293. The molecule has 138 valence electrons. The molecule has 28 heavy (non-hydrogen) atoms. The largest absolute Gasteiger partial charge is 0.255 e. The number of benzene rings is 2. The molecule has 4 nitrogen and oxygen atoms in total. The van der Waals surface area contributed by atoms with E-state index in [1.165, 1.54) is 23.5 Å². The zero-order valence-electron chi connectivity index (χ0n) is 14.5. The Morgan fingerprint density at radius 3 is 2.64 bits per heavy atom. The van der Waals surface area contributed by atoms with Gasteiger partial charge in [0.1, 0.15) is 11.5 Å². The normalized spacial score (nSPS) is 11.4. The van der Waals surface area contributed by atoms with E-state index >= 15 is 0 Å². The van der Waals surface area contributed by atoms with Gasteiger partial charge in [0.2, 0.25) is 5.13 Å². The molecule has 2 heterocycles. The van der Waals surface area contributed by atoms with Crippen molar-refractivity contribution in [3.63, 3.8) is 0 Å². The van der Waals surface area contributed by atoms with Crippen LogP contribution in [0.3, 0.4) is 0 Å². The molecule has 4 aromatic rings. The maximum atomic E-state index is 13.4. The minimum Gasteiger partial charge on any atom is -0.255 e. The van der Waals surface area contributed by atoms with Gasteiger partial charge in [0.25, 0.3) is 0 Å². The number of hydrogen-bond donors (Lipinski definition) is 1. The predicted octanol–water partition coefficient (Wildman–Crippen LogP) is 5.86. The van der Waals surface area contributed by atoms with Crippen molar-refractivity contribution in [2.45, 2.75) is 0 Å². The molecule has 0 spiro atoms. The number of hydrogen-bond acceptors (Lipinski definition) is 5. The summed E-state index contributed by atoms with van der Waals surface area (Å²) >= 11 is 7.39. The first-order valence-electron chi connectivity index (χ1n) is 8.41. The van der Waals surface area contributed by atoms with Crippen molar-refractivity contribution in [3.8, 4) is 11.3 Å². The van der Waals surface area contributed by atoms with E-state index in [-0.39, 0.29) is 5.82 Å². The van der Waals surface area contributed by atoms with Gasteiger partial charge >= 0.3 is 0 Å². The van der Waals surface area contributed by atoms with Crippen LogP contribution in [0.15, 0.2) is 83.4 Å². The lowest BCUT2D eigenvalue weighted by molar-refractivity contribution is 0.628. The summed E-state index contributed by atoms with van der Waals surface area (Å²) in [6.45, 7) is 0. The molecule has 7 heteroatoms. The van der Waals surface area contributed by atoms with Crippen molar-refractivity contribution in [2.24, 2.45) is 5.10 Å². The van der Waals surface area contributed by atoms with Crippen LogP contribution in [0.1, 0.15) is 11.3 Å². The Hall–Kier alpha value is -3.09. The van der Waals surface area contributed by atoms with Gasteiger partial charge in [-0.05, 0) is 36.4 Å². The van der Waals surface area contributed by atoms with Gasteiger partial charge < -0.3 is 0 Å². The molecule has 0 fully saturated rings. The topological polar surface area (TPSA) is 50.2 Å². The molecule has 0 bridgehead atoms. The molecule has 0 unspecified atom stereocenters. The van der Waals surface area contributed by atoms with Crippen LogP contribution >= 0.6 is 22.9 Å². The Balaban J connectivity index is 1.64. The summed E-state index contributed by atoms with van der Waals surface area (Å²) in [7, 11) is 0. The van der Waals surface area contributed by atoms with Gasteiger partial charge in [-0.1, -0.05) is 41.9 Å². The minimum atomic E-state index is -0.293. The third kappa shape index (κ3) is 4.24. The highest BCUT2D eigenvalue weighted by atomic mass is 35.5. The molecule has 1 N–H and O–H groups in total. The van der Waals surface area contributed by atoms with E-state index in [0.29, 0.717) is 21.6 Å². The lowest BCUT2D eigenvalue weighted by atomic mass is 10.1. The van der Waals surface area contributed by atoms with Crippen LogP contribution in [0.2, 0.25) is 5.02 Å². The maximum absolute atomic E-state index is 13.4. The number of nitrogens with zero attached hydrogens (tertiary/aromatic N) is 3. The van der Waals surface area contributed by atoms with Crippen LogP contribution in [-0.2, 0) is 0 Å². The highest BCUT2D eigenvalue weighted by Crippen LogP contribution is 2.25. The molecule has 0 saturated carbocycles. The summed E-state index contributed by atoms with van der Waals surface area (Å²) in [5.41, 5.74) is 6.66. The van der Waals surface area contributed by atoms with Gasteiger partial charge in [0.05, 0.1) is 11.4 Å². The zero-order chi connectivity index (χ0) is 19.3. The molecular weight excluding hydrogens is 395 g/mol. The van der Waals surface area contributed by atoms with Crippen LogP contribution in [0.25, 0.3) is 11.3 Å². The fraction of sp³-hybridized carbons (Fsp3) is 0. The second-order valence-corrected chi connectivity index (χ2v) is 7.14. The van der Waals surface area contributed by atoms with Gasteiger partial charge in [-0.3, -0.25) is 10.4 Å². The average Bonchev–Trinajstić information content (AvgIpc) is 3.19. The number of anilines is 1. The van der Waals surface area contributed by atoms with Crippen LogP contribution < -0.4 is 5.43 Å². The lowest BCUT2D eigenvalue weighted by Gasteiger charge is -2.06. The molecular formula is C21H14ClFN4S. The van der Waals surface area contributed by atoms with E-state index in [1.54, 1.807) is 24.4 Å². The number of pyridine rings is 1. The van der Waals surface area contributed by atoms with Gasteiger partial charge in [0.15, 0.2) is 0 Å². The number of aromatic nitrogens is 2. The summed E-state index contributed by atoms with van der Waals surface area (Å²) in [6, 6.07) is 19.4. The van der Waals surface area contributed by atoms with Gasteiger partial charge in [0, 0.05) is 27.7 Å². The number of nitrogens with one attached hydrogen (secondary N) is 1. The van der Waals surface area contributed by atoms with E-state index in [0.717, 1.165) is 16.8 Å². The van der Waals surface area contributed by atoms with E-state index in [2.05, 4.69) is 20.5 Å². The fourth-order valence-corrected chi connectivity index (χ4v) is 3.38. The van der Waals surface area contributed by atoms with Crippen molar-refractivity contribution in [2.75, 3.05) is 5.43 Å². The standard InChI is InChI=1S/C21H14ClFN4S/c22-16-9-7-14(8-10-16)20(18-6-1-2-11-24-18)26-27-21-25-19(13-28-21)15-4-3-5-17(23)12-15/h1-13H,(H,25,27)/b26-20+. The molecule has 0 aliphatic rings. The zero-order valence-corrected chi connectivity index (χ0v) is 16.1. The van der Waals surface area contributed by atoms with Crippen LogP contribution in [0.4, 0.5) is 9.52 Å². The molecule has 0 aliphatic carbocycles. The van der Waals surface area contributed by atoms with Crippen molar-refractivity contribution >= 4 is 33.8 Å². The summed E-state index contributed by atoms with van der Waals surface area (Å²) in [5, 5.41) is 7.63. The van der Waals surface area contributed by atoms with Crippen LogP contribution in [0, 0.1) is 5.82 Å². The van der Waals surface area contributed by atoms with E-state index in [1.807, 2.05) is 41.8 Å². The molecule has 0 radical (unpaired) electrons. The lowest BCUT2D eigenvalue weighted by Crippen LogP contribution is -2.08. The summed E-state index contributed by atoms with van der Waals surface area (Å²) < 4.78 is 13.4. The quantitative estimate of drug-likeness (QED) is 0.332. The number of rotatable bonds is 5. The highest BCUT2D eigenvalue weighted by molar-refractivity contribution is 7.14. The van der Waals surface area contributed by atoms with Crippen LogP contribution in [0.5, 0.6) is 0 Å². The Kier molecular flexibility index (Phi) is 5.41. The Morgan fingerprint density at radius 1 is 1.04 bits per heavy atom. The molecule has 0 aliphatic heterocycles. The first-order chi connectivity index (χ1) is 13.7. The Labute approximate surface area is 170 Å². The third-order valence-electron chi connectivity index (χ3n) is 3.91. The van der Waals surface area contributed by atoms with E-state index in [4.69, 9.17) is 11.6 Å². The smallest absolute Gasteiger partial charge is 0.203 e. The first-order valence-corrected chi connectivity index (χ1v) is 9.67. The van der Waals surface area contributed by atoms with Crippen molar-refractivity contribution in [1.82, 2.24) is 9.97 Å². The van der Waals surface area contributed by atoms with Crippen molar-refractivity contribution in [1.29, 1.82) is 0 Å². The Morgan fingerprint density at radius 2 is 1.89 bits per heavy atom. The molecule has 4 rings (SSSR count). The second-order valence-electron chi connectivity index (χ2n) is 5.84. The first kappa shape index (κ1) is 18.3. The number of halogens is 2. The molecule has 0 atom stereocenters. The third-order valence-corrected chi connectivity index (χ3v) is 4.91. The van der Waals surface area contributed by atoms with E-state index in [9.17, 15) is 4.39 Å². The minimum absolute atomic E-state index is 0.293. The summed E-state index contributed by atoms with van der Waals surface area (Å²) in [6.07, 6.45) is 1.71. The molecule has 2 aromatic heterocycles. The van der Waals surface area contributed by atoms with E-state index < -0.39 is 0 Å². The monoisotopic (exact) mass is 408 g/mol. The van der Waals surface area contributed by atoms with Gasteiger partial charge in [-0.25, -0.2) is 9.37 Å². The predicted molar refractivity (Wildman–Crippen MR) is 112 cm³/mol. The fourth-order valence-electron chi connectivity index (χ4n) is 2.59. The summed E-state index contributed by atoms with van der Waals surface area (Å²) in [4.78, 5) is 8.88. The number of hydrazone groups is 1. The molecule has 2 aromatic carbocycles. The second kappa shape index (κ2) is 8.29. The van der Waals surface area contributed by atoms with Crippen LogP contribution in [-0.4, -0.2) is 15.7 Å².